The van der Waals surface area contributed by atoms with Crippen LogP contribution in [0.2, 0.25) is 0 Å². The number of ether oxygens (including phenoxy) is 1. The zero-order chi connectivity index (χ0) is 18.8. The van der Waals surface area contributed by atoms with Gasteiger partial charge < -0.3 is 14.6 Å². The van der Waals surface area contributed by atoms with Gasteiger partial charge in [0.05, 0.1) is 24.5 Å². The molecule has 2 bridgehead atoms. The van der Waals surface area contributed by atoms with E-state index in [4.69, 9.17) is 9.26 Å². The summed E-state index contributed by atoms with van der Waals surface area (Å²) in [4.78, 5) is 27.5. The number of carbonyl (C=O) groups is 2. The highest BCUT2D eigenvalue weighted by molar-refractivity contribution is 6.05. The molecule has 3 aliphatic heterocycles. The van der Waals surface area contributed by atoms with Gasteiger partial charge in [-0.1, -0.05) is 23.4 Å². The van der Waals surface area contributed by atoms with Crippen LogP contribution in [0, 0.1) is 24.6 Å². The fraction of sp³-hybridized carbons (Fsp3) is 0.316. The maximum atomic E-state index is 13.4. The van der Waals surface area contributed by atoms with Gasteiger partial charge in [0, 0.05) is 11.8 Å². The average molecular weight is 369 g/mol. The minimum Gasteiger partial charge on any atom is -0.360 e. The first-order valence-corrected chi connectivity index (χ1v) is 8.65. The zero-order valence-corrected chi connectivity index (χ0v) is 14.4. The quantitative estimate of drug-likeness (QED) is 0.837. The van der Waals surface area contributed by atoms with Gasteiger partial charge in [0.15, 0.2) is 5.82 Å². The maximum absolute atomic E-state index is 13.4. The van der Waals surface area contributed by atoms with Crippen LogP contribution in [0.5, 0.6) is 0 Å². The third-order valence-electron chi connectivity index (χ3n) is 5.39. The number of carbonyl (C=O) groups excluding carboxylic acids is 2. The predicted octanol–water partition coefficient (Wildman–Crippen LogP) is 2.05. The molecule has 2 saturated heterocycles. The summed E-state index contributed by atoms with van der Waals surface area (Å²) >= 11 is 0. The second kappa shape index (κ2) is 5.50. The van der Waals surface area contributed by atoms with Crippen LogP contribution in [0.25, 0.3) is 0 Å². The standard InChI is InChI=1S/C19H16FN3O4/c1-10-7-14(22-27-10)23-9-19-6-5-13(26-19)15(16(19)18(23)25)17(24)21-12-4-2-3-11(20)8-12/h2-8,13,15-16H,9H2,1H3,(H,21,24)/t13-,15?,16?,19-/m1/s1. The third-order valence-corrected chi connectivity index (χ3v) is 5.39. The van der Waals surface area contributed by atoms with Gasteiger partial charge in [-0.25, -0.2) is 4.39 Å². The Hall–Kier alpha value is -3.00. The van der Waals surface area contributed by atoms with Gasteiger partial charge in [0.25, 0.3) is 0 Å². The number of nitrogens with one attached hydrogen (secondary N) is 1. The normalized spacial score (nSPS) is 30.8. The zero-order valence-electron chi connectivity index (χ0n) is 14.4. The molecule has 1 aromatic carbocycles. The molecule has 8 heteroatoms. The van der Waals surface area contributed by atoms with Gasteiger partial charge in [0.2, 0.25) is 11.8 Å². The smallest absolute Gasteiger partial charge is 0.235 e. The van der Waals surface area contributed by atoms with Crippen molar-refractivity contribution < 1.29 is 23.2 Å². The lowest BCUT2D eigenvalue weighted by atomic mass is 9.77. The fourth-order valence-corrected chi connectivity index (χ4v) is 4.26. The van der Waals surface area contributed by atoms with E-state index in [0.717, 1.165) is 0 Å². The molecule has 138 valence electrons. The lowest BCUT2D eigenvalue weighted by Gasteiger charge is -2.23. The van der Waals surface area contributed by atoms with Crippen molar-refractivity contribution in [3.63, 3.8) is 0 Å². The molecule has 0 aliphatic carbocycles. The molecule has 2 amide bonds. The van der Waals surface area contributed by atoms with E-state index in [0.29, 0.717) is 17.3 Å². The molecule has 5 rings (SSSR count). The van der Waals surface area contributed by atoms with Crippen LogP contribution < -0.4 is 10.2 Å². The molecule has 4 atom stereocenters. The molecule has 1 spiro atoms. The Kier molecular flexibility index (Phi) is 3.30. The summed E-state index contributed by atoms with van der Waals surface area (Å²) in [5.41, 5.74) is -0.506. The van der Waals surface area contributed by atoms with E-state index in [1.807, 2.05) is 12.2 Å². The molecule has 0 saturated carbocycles. The fourth-order valence-electron chi connectivity index (χ4n) is 4.26. The Bertz CT molecular complexity index is 987. The van der Waals surface area contributed by atoms with Crippen LogP contribution >= 0.6 is 0 Å². The Morgan fingerprint density at radius 3 is 3.00 bits per heavy atom. The van der Waals surface area contributed by atoms with Crippen LogP contribution in [-0.2, 0) is 14.3 Å². The third kappa shape index (κ3) is 2.33. The highest BCUT2D eigenvalue weighted by atomic mass is 19.1. The van der Waals surface area contributed by atoms with Crippen LogP contribution in [0.3, 0.4) is 0 Å². The van der Waals surface area contributed by atoms with E-state index < -0.39 is 29.4 Å². The molecule has 2 aromatic rings. The molecule has 2 fully saturated rings. The summed E-state index contributed by atoms with van der Waals surface area (Å²) < 4.78 is 24.5. The van der Waals surface area contributed by atoms with Crippen LogP contribution in [0.15, 0.2) is 47.0 Å². The largest absolute Gasteiger partial charge is 0.360 e. The van der Waals surface area contributed by atoms with Gasteiger partial charge in [-0.2, -0.15) is 0 Å². The SMILES string of the molecule is Cc1cc(N2C[C@@]34C=C[C@@H](O3)C(C(=O)Nc3cccc(F)c3)C4C2=O)no1. The molecule has 2 unspecified atom stereocenters. The van der Waals surface area contributed by atoms with Crippen molar-refractivity contribution in [2.24, 2.45) is 11.8 Å². The van der Waals surface area contributed by atoms with E-state index in [-0.39, 0.29) is 18.4 Å². The Morgan fingerprint density at radius 1 is 1.41 bits per heavy atom. The van der Waals surface area contributed by atoms with E-state index in [1.165, 1.54) is 23.1 Å². The predicted molar refractivity (Wildman–Crippen MR) is 92.3 cm³/mol. The molecular weight excluding hydrogens is 353 g/mol. The molecule has 27 heavy (non-hydrogen) atoms. The highest BCUT2D eigenvalue weighted by Gasteiger charge is 2.67. The Balaban J connectivity index is 1.44. The summed E-state index contributed by atoms with van der Waals surface area (Å²) in [6.07, 6.45) is 3.20. The number of hydrogen-bond donors (Lipinski definition) is 1. The van der Waals surface area contributed by atoms with Crippen molar-refractivity contribution in [2.45, 2.75) is 18.6 Å². The van der Waals surface area contributed by atoms with E-state index in [1.54, 1.807) is 19.1 Å². The summed E-state index contributed by atoms with van der Waals surface area (Å²) in [5.74, 6) is -1.39. The van der Waals surface area contributed by atoms with E-state index in [9.17, 15) is 14.0 Å². The van der Waals surface area contributed by atoms with E-state index >= 15 is 0 Å². The molecule has 1 N–H and O–H groups in total. The van der Waals surface area contributed by atoms with Gasteiger partial charge >= 0.3 is 0 Å². The first-order chi connectivity index (χ1) is 13.0. The van der Waals surface area contributed by atoms with E-state index in [2.05, 4.69) is 10.5 Å². The van der Waals surface area contributed by atoms with Crippen molar-refractivity contribution in [3.05, 3.63) is 54.1 Å². The van der Waals surface area contributed by atoms with Crippen molar-refractivity contribution in [2.75, 3.05) is 16.8 Å². The highest BCUT2D eigenvalue weighted by Crippen LogP contribution is 2.52. The lowest BCUT2D eigenvalue weighted by molar-refractivity contribution is -0.128. The summed E-state index contributed by atoms with van der Waals surface area (Å²) in [6.45, 7) is 2.02. The van der Waals surface area contributed by atoms with Crippen LogP contribution in [0.1, 0.15) is 5.76 Å². The second-order valence-electron chi connectivity index (χ2n) is 7.12. The minimum atomic E-state index is -0.849. The Labute approximate surface area is 153 Å². The number of aromatic nitrogens is 1. The molecule has 4 heterocycles. The number of amides is 2. The number of aryl methyl sites for hydroxylation is 1. The second-order valence-corrected chi connectivity index (χ2v) is 7.12. The van der Waals surface area contributed by atoms with Gasteiger partial charge in [-0.15, -0.1) is 0 Å². The van der Waals surface area contributed by atoms with Crippen molar-refractivity contribution in [1.29, 1.82) is 0 Å². The van der Waals surface area contributed by atoms with Crippen LogP contribution in [0.4, 0.5) is 15.9 Å². The van der Waals surface area contributed by atoms with Gasteiger partial charge in [-0.05, 0) is 25.1 Å². The first-order valence-electron chi connectivity index (χ1n) is 8.65. The lowest BCUT2D eigenvalue weighted by Crippen LogP contribution is -2.41. The topological polar surface area (TPSA) is 84.7 Å². The summed E-state index contributed by atoms with van der Waals surface area (Å²) in [5, 5.41) is 6.61. The number of hydrogen-bond acceptors (Lipinski definition) is 5. The van der Waals surface area contributed by atoms with Crippen LogP contribution in [-0.4, -0.2) is 35.2 Å². The number of halogens is 1. The molecule has 0 radical (unpaired) electrons. The number of fused-ring (bicyclic) bond motifs is 1. The average Bonchev–Trinajstić information content (AvgIpc) is 3.36. The van der Waals surface area contributed by atoms with Gasteiger partial charge in [0.1, 0.15) is 17.2 Å². The molecule has 3 aliphatic rings. The molecule has 7 nitrogen and oxygen atoms in total. The number of nitrogens with zero attached hydrogens (tertiary/aromatic N) is 2. The van der Waals surface area contributed by atoms with Crippen molar-refractivity contribution in [3.8, 4) is 0 Å². The summed E-state index contributed by atoms with van der Waals surface area (Å²) in [7, 11) is 0. The van der Waals surface area contributed by atoms with Crippen molar-refractivity contribution in [1.82, 2.24) is 5.16 Å². The maximum Gasteiger partial charge on any atom is 0.235 e. The molecular formula is C19H16FN3O4. The Morgan fingerprint density at radius 2 is 2.26 bits per heavy atom. The number of anilines is 2. The summed E-state index contributed by atoms with van der Waals surface area (Å²) in [6, 6.07) is 7.32. The number of rotatable bonds is 3. The minimum absolute atomic E-state index is 0.227. The van der Waals surface area contributed by atoms with Gasteiger partial charge in [-0.3, -0.25) is 14.5 Å². The first kappa shape index (κ1) is 16.2. The monoisotopic (exact) mass is 369 g/mol. The molecule has 1 aromatic heterocycles. The number of benzene rings is 1. The van der Waals surface area contributed by atoms with Crippen molar-refractivity contribution >= 4 is 23.3 Å².